The molecule has 21 heavy (non-hydrogen) atoms. The van der Waals surface area contributed by atoms with Gasteiger partial charge in [0.1, 0.15) is 17.1 Å². The van der Waals surface area contributed by atoms with Crippen LogP contribution in [0.1, 0.15) is 44.1 Å². The van der Waals surface area contributed by atoms with Crippen LogP contribution in [0, 0.1) is 12.8 Å². The number of rotatable bonds is 4. The summed E-state index contributed by atoms with van der Waals surface area (Å²) >= 11 is 0. The summed E-state index contributed by atoms with van der Waals surface area (Å²) in [7, 11) is 0. The van der Waals surface area contributed by atoms with Crippen LogP contribution in [0.5, 0.6) is 0 Å². The Morgan fingerprint density at radius 1 is 1.43 bits per heavy atom. The average Bonchev–Trinajstić information content (AvgIpc) is 2.85. The van der Waals surface area contributed by atoms with Gasteiger partial charge in [0.05, 0.1) is 0 Å². The summed E-state index contributed by atoms with van der Waals surface area (Å²) in [4.78, 5) is 23.7. The summed E-state index contributed by atoms with van der Waals surface area (Å²) in [5, 5.41) is 12.2. The molecule has 0 aliphatic heterocycles. The highest BCUT2D eigenvalue weighted by Crippen LogP contribution is 2.34. The van der Waals surface area contributed by atoms with Crippen molar-refractivity contribution in [2.75, 3.05) is 0 Å². The van der Waals surface area contributed by atoms with Gasteiger partial charge in [-0.2, -0.15) is 0 Å². The lowest BCUT2D eigenvalue weighted by Crippen LogP contribution is -2.59. The third-order valence-electron chi connectivity index (χ3n) is 4.19. The zero-order valence-corrected chi connectivity index (χ0v) is 12.4. The molecule has 1 heterocycles. The topological polar surface area (TPSA) is 79.5 Å². The lowest BCUT2D eigenvalue weighted by Gasteiger charge is -2.39. The van der Waals surface area contributed by atoms with Crippen molar-refractivity contribution in [1.82, 2.24) is 5.32 Å². The fraction of sp³-hybridized carbons (Fsp3) is 0.500. The highest BCUT2D eigenvalue weighted by atomic mass is 16.4. The quantitative estimate of drug-likeness (QED) is 0.836. The first-order valence-corrected chi connectivity index (χ1v) is 7.24. The molecule has 0 radical (unpaired) electrons. The van der Waals surface area contributed by atoms with Gasteiger partial charge in [-0.3, -0.25) is 4.79 Å². The van der Waals surface area contributed by atoms with Crippen LogP contribution >= 0.6 is 0 Å². The maximum Gasteiger partial charge on any atom is 0.329 e. The maximum atomic E-state index is 12.0. The van der Waals surface area contributed by atoms with Crippen molar-refractivity contribution >= 4 is 18.0 Å². The number of aryl methyl sites for hydroxylation is 1. The molecule has 1 aliphatic rings. The van der Waals surface area contributed by atoms with E-state index in [4.69, 9.17) is 4.42 Å². The fourth-order valence-electron chi connectivity index (χ4n) is 2.87. The second kappa shape index (κ2) is 6.16. The molecule has 0 saturated heterocycles. The molecule has 2 unspecified atom stereocenters. The number of hydrogen-bond donors (Lipinski definition) is 2. The van der Waals surface area contributed by atoms with Crippen molar-refractivity contribution in [3.8, 4) is 0 Å². The van der Waals surface area contributed by atoms with Gasteiger partial charge in [-0.05, 0) is 43.9 Å². The lowest BCUT2D eigenvalue weighted by atomic mass is 9.73. The van der Waals surface area contributed by atoms with Crippen LogP contribution in [0.2, 0.25) is 0 Å². The maximum absolute atomic E-state index is 12.0. The van der Waals surface area contributed by atoms with E-state index < -0.39 is 17.4 Å². The van der Waals surface area contributed by atoms with Crippen LogP contribution in [-0.2, 0) is 9.59 Å². The van der Waals surface area contributed by atoms with E-state index in [1.165, 1.54) is 6.08 Å². The van der Waals surface area contributed by atoms with Crippen molar-refractivity contribution in [3.05, 3.63) is 29.7 Å². The van der Waals surface area contributed by atoms with E-state index in [0.717, 1.165) is 25.0 Å². The normalized spacial score (nSPS) is 25.9. The minimum Gasteiger partial charge on any atom is -0.479 e. The standard InChI is InChI=1S/C16H21NO4/c1-11-5-3-4-10-16(11,15(19)20)17-14(18)9-8-13-7-6-12(2)21-13/h6-9,11H,3-5,10H2,1-2H3,(H,17,18)(H,19,20). The van der Waals surface area contributed by atoms with Gasteiger partial charge in [0.25, 0.3) is 0 Å². The monoisotopic (exact) mass is 291 g/mol. The third-order valence-corrected chi connectivity index (χ3v) is 4.19. The van der Waals surface area contributed by atoms with Gasteiger partial charge in [-0.25, -0.2) is 4.79 Å². The number of aliphatic carboxylic acids is 1. The van der Waals surface area contributed by atoms with Crippen LogP contribution in [0.4, 0.5) is 0 Å². The van der Waals surface area contributed by atoms with Gasteiger partial charge in [0.2, 0.25) is 5.91 Å². The van der Waals surface area contributed by atoms with Crippen LogP contribution in [-0.4, -0.2) is 22.5 Å². The largest absolute Gasteiger partial charge is 0.479 e. The SMILES string of the molecule is Cc1ccc(C=CC(=O)NC2(C(=O)O)CCCCC2C)o1. The Morgan fingerprint density at radius 2 is 2.19 bits per heavy atom. The molecule has 1 aromatic rings. The number of nitrogens with one attached hydrogen (secondary N) is 1. The summed E-state index contributed by atoms with van der Waals surface area (Å²) < 4.78 is 5.33. The molecule has 1 saturated carbocycles. The summed E-state index contributed by atoms with van der Waals surface area (Å²) in [6, 6.07) is 3.56. The van der Waals surface area contributed by atoms with E-state index in [1.54, 1.807) is 18.2 Å². The molecule has 1 aliphatic carbocycles. The Bertz CT molecular complexity index is 560. The Balaban J connectivity index is 2.08. The first-order chi connectivity index (χ1) is 9.94. The van der Waals surface area contributed by atoms with Crippen molar-refractivity contribution < 1.29 is 19.1 Å². The van der Waals surface area contributed by atoms with E-state index in [1.807, 2.05) is 13.8 Å². The summed E-state index contributed by atoms with van der Waals surface area (Å²) in [5.41, 5.74) is -1.15. The van der Waals surface area contributed by atoms with Crippen molar-refractivity contribution in [2.45, 2.75) is 45.1 Å². The average molecular weight is 291 g/mol. The summed E-state index contributed by atoms with van der Waals surface area (Å²) in [6.07, 6.45) is 5.98. The van der Waals surface area contributed by atoms with E-state index in [2.05, 4.69) is 5.32 Å². The van der Waals surface area contributed by atoms with Crippen molar-refractivity contribution in [2.24, 2.45) is 5.92 Å². The number of carboxylic acid groups (broad SMARTS) is 1. The molecule has 2 atom stereocenters. The smallest absolute Gasteiger partial charge is 0.329 e. The Hall–Kier alpha value is -2.04. The van der Waals surface area contributed by atoms with Gasteiger partial charge in [-0.1, -0.05) is 19.8 Å². The molecular formula is C16H21NO4. The Morgan fingerprint density at radius 3 is 2.76 bits per heavy atom. The summed E-state index contributed by atoms with van der Waals surface area (Å²) in [5.74, 6) is -0.0980. The molecule has 114 valence electrons. The van der Waals surface area contributed by atoms with E-state index in [-0.39, 0.29) is 5.92 Å². The summed E-state index contributed by atoms with van der Waals surface area (Å²) in [6.45, 7) is 3.70. The van der Waals surface area contributed by atoms with E-state index >= 15 is 0 Å². The number of hydrogen-bond acceptors (Lipinski definition) is 3. The molecule has 1 fully saturated rings. The molecule has 2 rings (SSSR count). The minimum atomic E-state index is -1.15. The zero-order chi connectivity index (χ0) is 15.5. The van der Waals surface area contributed by atoms with Gasteiger partial charge in [0, 0.05) is 6.08 Å². The highest BCUT2D eigenvalue weighted by Gasteiger charge is 2.45. The molecule has 2 N–H and O–H groups in total. The second-order valence-electron chi connectivity index (χ2n) is 5.69. The third kappa shape index (κ3) is 3.35. The molecule has 0 spiro atoms. The molecule has 5 heteroatoms. The van der Waals surface area contributed by atoms with Gasteiger partial charge >= 0.3 is 5.97 Å². The van der Waals surface area contributed by atoms with E-state index in [0.29, 0.717) is 12.2 Å². The molecule has 1 aromatic heterocycles. The number of carbonyl (C=O) groups excluding carboxylic acids is 1. The highest BCUT2D eigenvalue weighted by molar-refractivity contribution is 5.95. The number of amides is 1. The molecule has 0 bridgehead atoms. The van der Waals surface area contributed by atoms with Gasteiger partial charge in [-0.15, -0.1) is 0 Å². The zero-order valence-electron chi connectivity index (χ0n) is 12.4. The lowest BCUT2D eigenvalue weighted by molar-refractivity contribution is -0.151. The molecule has 5 nitrogen and oxygen atoms in total. The van der Waals surface area contributed by atoms with Crippen LogP contribution in [0.15, 0.2) is 22.6 Å². The predicted molar refractivity (Wildman–Crippen MR) is 78.6 cm³/mol. The van der Waals surface area contributed by atoms with Gasteiger partial charge in [0.15, 0.2) is 0 Å². The predicted octanol–water partition coefficient (Wildman–Crippen LogP) is 2.75. The number of carboxylic acids is 1. The van der Waals surface area contributed by atoms with Crippen LogP contribution in [0.3, 0.4) is 0 Å². The minimum absolute atomic E-state index is 0.0769. The van der Waals surface area contributed by atoms with Crippen molar-refractivity contribution in [3.63, 3.8) is 0 Å². The first-order valence-electron chi connectivity index (χ1n) is 7.24. The fourth-order valence-corrected chi connectivity index (χ4v) is 2.87. The molecular weight excluding hydrogens is 270 g/mol. The van der Waals surface area contributed by atoms with Crippen molar-refractivity contribution in [1.29, 1.82) is 0 Å². The van der Waals surface area contributed by atoms with Crippen LogP contribution < -0.4 is 5.32 Å². The van der Waals surface area contributed by atoms with Gasteiger partial charge < -0.3 is 14.8 Å². The van der Waals surface area contributed by atoms with Crippen LogP contribution in [0.25, 0.3) is 6.08 Å². The Kier molecular flexibility index (Phi) is 4.50. The first kappa shape index (κ1) is 15.4. The molecule has 1 amide bonds. The van der Waals surface area contributed by atoms with E-state index in [9.17, 15) is 14.7 Å². The number of carbonyl (C=O) groups is 2. The molecule has 0 aromatic carbocycles. The second-order valence-corrected chi connectivity index (χ2v) is 5.69. The number of furan rings is 1. The Labute approximate surface area is 124 Å².